The molecule has 0 aliphatic heterocycles. The molecule has 1 N–H and O–H groups in total. The molecular formula is C23H25NO3. The van der Waals surface area contributed by atoms with Crippen molar-refractivity contribution in [2.24, 2.45) is 0 Å². The Bertz CT molecular complexity index is 894. The number of aliphatic hydroxyl groups excluding tert-OH is 1. The SMILES string of the molecule is CC[C@H](O)c1ccc(-c2ccc(C(=O)N(C)Cc3ccc(C)o3)cc2)cc1. The van der Waals surface area contributed by atoms with Crippen molar-refractivity contribution in [1.29, 1.82) is 0 Å². The fourth-order valence-electron chi connectivity index (χ4n) is 3.03. The summed E-state index contributed by atoms with van der Waals surface area (Å²) >= 11 is 0. The molecule has 1 amide bonds. The lowest BCUT2D eigenvalue weighted by molar-refractivity contribution is 0.0775. The van der Waals surface area contributed by atoms with Crippen LogP contribution in [0.2, 0.25) is 0 Å². The average molecular weight is 363 g/mol. The molecular weight excluding hydrogens is 338 g/mol. The summed E-state index contributed by atoms with van der Waals surface area (Å²) in [5.74, 6) is 1.57. The van der Waals surface area contributed by atoms with Crippen LogP contribution in [0.3, 0.4) is 0 Å². The number of hydrogen-bond donors (Lipinski definition) is 1. The van der Waals surface area contributed by atoms with Crippen LogP contribution in [0, 0.1) is 6.92 Å². The van der Waals surface area contributed by atoms with Crippen LogP contribution in [0.25, 0.3) is 11.1 Å². The molecule has 4 heteroatoms. The topological polar surface area (TPSA) is 53.7 Å². The zero-order valence-corrected chi connectivity index (χ0v) is 16.0. The van der Waals surface area contributed by atoms with Crippen molar-refractivity contribution >= 4 is 5.91 Å². The first-order valence-corrected chi connectivity index (χ1v) is 9.17. The standard InChI is InChI=1S/C23H25NO3/c1-4-22(25)19-10-6-17(7-11-19)18-8-12-20(13-9-18)23(26)24(3)15-21-14-5-16(2)27-21/h5-14,22,25H,4,15H2,1-3H3/t22-/m0/s1. The Kier molecular flexibility index (Phi) is 5.77. The number of aryl methyl sites for hydroxylation is 1. The maximum atomic E-state index is 12.6. The average Bonchev–Trinajstić information content (AvgIpc) is 3.11. The first-order valence-electron chi connectivity index (χ1n) is 9.17. The van der Waals surface area contributed by atoms with Gasteiger partial charge in [-0.1, -0.05) is 43.3 Å². The molecule has 0 spiro atoms. The van der Waals surface area contributed by atoms with E-state index in [0.717, 1.165) is 28.2 Å². The molecule has 0 aliphatic carbocycles. The van der Waals surface area contributed by atoms with Gasteiger partial charge < -0.3 is 14.4 Å². The fourth-order valence-corrected chi connectivity index (χ4v) is 3.03. The van der Waals surface area contributed by atoms with Crippen LogP contribution in [0.1, 0.15) is 46.9 Å². The van der Waals surface area contributed by atoms with Crippen LogP contribution < -0.4 is 0 Å². The van der Waals surface area contributed by atoms with E-state index in [0.29, 0.717) is 18.5 Å². The first-order chi connectivity index (χ1) is 13.0. The van der Waals surface area contributed by atoms with Gasteiger partial charge >= 0.3 is 0 Å². The molecule has 0 aliphatic rings. The molecule has 0 bridgehead atoms. The van der Waals surface area contributed by atoms with Gasteiger partial charge in [-0.3, -0.25) is 4.79 Å². The lowest BCUT2D eigenvalue weighted by atomic mass is 10.00. The lowest BCUT2D eigenvalue weighted by Crippen LogP contribution is -2.25. The zero-order chi connectivity index (χ0) is 19.4. The molecule has 1 atom stereocenters. The van der Waals surface area contributed by atoms with E-state index in [1.165, 1.54) is 0 Å². The summed E-state index contributed by atoms with van der Waals surface area (Å²) in [6, 6.07) is 19.3. The van der Waals surface area contributed by atoms with Crippen molar-refractivity contribution in [2.75, 3.05) is 7.05 Å². The fraction of sp³-hybridized carbons (Fsp3) is 0.261. The molecule has 0 saturated carbocycles. The third-order valence-electron chi connectivity index (χ3n) is 4.68. The van der Waals surface area contributed by atoms with Gasteiger partial charge in [-0.25, -0.2) is 0 Å². The van der Waals surface area contributed by atoms with Crippen molar-refractivity contribution in [1.82, 2.24) is 4.90 Å². The minimum Gasteiger partial charge on any atom is -0.464 e. The second kappa shape index (κ2) is 8.23. The summed E-state index contributed by atoms with van der Waals surface area (Å²) in [5, 5.41) is 9.90. The lowest BCUT2D eigenvalue weighted by Gasteiger charge is -2.16. The van der Waals surface area contributed by atoms with Crippen LogP contribution in [0.4, 0.5) is 0 Å². The molecule has 0 saturated heterocycles. The van der Waals surface area contributed by atoms with Gasteiger partial charge in [0.2, 0.25) is 0 Å². The molecule has 3 aromatic rings. The quantitative estimate of drug-likeness (QED) is 0.673. The normalized spacial score (nSPS) is 12.0. The Balaban J connectivity index is 1.69. The molecule has 2 aromatic carbocycles. The van der Waals surface area contributed by atoms with Crippen molar-refractivity contribution in [2.45, 2.75) is 32.9 Å². The van der Waals surface area contributed by atoms with Crippen LogP contribution in [-0.4, -0.2) is 23.0 Å². The van der Waals surface area contributed by atoms with Gasteiger partial charge in [0.25, 0.3) is 5.91 Å². The Morgan fingerprint density at radius 2 is 1.59 bits per heavy atom. The second-order valence-corrected chi connectivity index (χ2v) is 6.80. The van der Waals surface area contributed by atoms with E-state index in [2.05, 4.69) is 0 Å². The Labute approximate surface area is 160 Å². The number of carbonyl (C=O) groups is 1. The van der Waals surface area contributed by atoms with Crippen molar-refractivity contribution in [3.8, 4) is 11.1 Å². The zero-order valence-electron chi connectivity index (χ0n) is 16.0. The highest BCUT2D eigenvalue weighted by Crippen LogP contribution is 2.24. The smallest absolute Gasteiger partial charge is 0.254 e. The molecule has 0 unspecified atom stereocenters. The Morgan fingerprint density at radius 3 is 2.11 bits per heavy atom. The molecule has 1 aromatic heterocycles. The van der Waals surface area contributed by atoms with Crippen LogP contribution >= 0.6 is 0 Å². The molecule has 140 valence electrons. The molecule has 1 heterocycles. The van der Waals surface area contributed by atoms with E-state index in [9.17, 15) is 9.90 Å². The van der Waals surface area contributed by atoms with E-state index in [1.54, 1.807) is 11.9 Å². The number of carbonyl (C=O) groups excluding carboxylic acids is 1. The van der Waals surface area contributed by atoms with E-state index >= 15 is 0 Å². The van der Waals surface area contributed by atoms with Gasteiger partial charge in [0.1, 0.15) is 11.5 Å². The minimum absolute atomic E-state index is 0.0444. The highest BCUT2D eigenvalue weighted by molar-refractivity contribution is 5.94. The van der Waals surface area contributed by atoms with Gasteiger partial charge in [0, 0.05) is 12.6 Å². The Hall–Kier alpha value is -2.85. The summed E-state index contributed by atoms with van der Waals surface area (Å²) in [4.78, 5) is 14.3. The number of furan rings is 1. The van der Waals surface area contributed by atoms with E-state index in [4.69, 9.17) is 4.42 Å². The van der Waals surface area contributed by atoms with Gasteiger partial charge in [-0.15, -0.1) is 0 Å². The van der Waals surface area contributed by atoms with Crippen molar-refractivity contribution in [3.63, 3.8) is 0 Å². The Morgan fingerprint density at radius 1 is 1.00 bits per heavy atom. The summed E-state index contributed by atoms with van der Waals surface area (Å²) in [7, 11) is 1.77. The monoisotopic (exact) mass is 363 g/mol. The maximum Gasteiger partial charge on any atom is 0.254 e. The number of rotatable bonds is 6. The molecule has 4 nitrogen and oxygen atoms in total. The predicted octanol–water partition coefficient (Wildman–Crippen LogP) is 4.97. The number of nitrogens with zero attached hydrogens (tertiary/aromatic N) is 1. The van der Waals surface area contributed by atoms with Gasteiger partial charge in [0.15, 0.2) is 0 Å². The molecule has 0 radical (unpaired) electrons. The number of hydrogen-bond acceptors (Lipinski definition) is 3. The van der Waals surface area contributed by atoms with Crippen LogP contribution in [0.5, 0.6) is 0 Å². The number of amides is 1. The van der Waals surface area contributed by atoms with E-state index in [1.807, 2.05) is 74.5 Å². The van der Waals surface area contributed by atoms with E-state index in [-0.39, 0.29) is 5.91 Å². The van der Waals surface area contributed by atoms with Crippen molar-refractivity contribution < 1.29 is 14.3 Å². The highest BCUT2D eigenvalue weighted by atomic mass is 16.3. The third-order valence-corrected chi connectivity index (χ3v) is 4.68. The first kappa shape index (κ1) is 18.9. The molecule has 0 fully saturated rings. The summed E-state index contributed by atoms with van der Waals surface area (Å²) < 4.78 is 5.54. The van der Waals surface area contributed by atoms with Gasteiger partial charge in [-0.05, 0) is 54.3 Å². The van der Waals surface area contributed by atoms with Gasteiger partial charge in [-0.2, -0.15) is 0 Å². The van der Waals surface area contributed by atoms with Gasteiger partial charge in [0.05, 0.1) is 12.6 Å². The maximum absolute atomic E-state index is 12.6. The highest BCUT2D eigenvalue weighted by Gasteiger charge is 2.14. The summed E-state index contributed by atoms with van der Waals surface area (Å²) in [6.45, 7) is 4.29. The van der Waals surface area contributed by atoms with Crippen LogP contribution in [0.15, 0.2) is 65.1 Å². The number of benzene rings is 2. The number of aliphatic hydroxyl groups is 1. The van der Waals surface area contributed by atoms with Crippen molar-refractivity contribution in [3.05, 3.63) is 83.3 Å². The second-order valence-electron chi connectivity index (χ2n) is 6.80. The summed E-state index contributed by atoms with van der Waals surface area (Å²) in [6.07, 6.45) is 0.272. The molecule has 3 rings (SSSR count). The van der Waals surface area contributed by atoms with Crippen LogP contribution in [-0.2, 0) is 6.54 Å². The molecule has 27 heavy (non-hydrogen) atoms. The predicted molar refractivity (Wildman–Crippen MR) is 106 cm³/mol. The minimum atomic E-state index is -0.424. The third kappa shape index (κ3) is 4.47. The summed E-state index contributed by atoms with van der Waals surface area (Å²) in [5.41, 5.74) is 3.65. The van der Waals surface area contributed by atoms with E-state index < -0.39 is 6.10 Å². The largest absolute Gasteiger partial charge is 0.464 e.